The first-order valence-corrected chi connectivity index (χ1v) is 13.9. The number of aryl methyl sites for hydroxylation is 1. The predicted octanol–water partition coefficient (Wildman–Crippen LogP) is 5.91. The van der Waals surface area contributed by atoms with Crippen LogP contribution in [-0.2, 0) is 21.0 Å². The Bertz CT molecular complexity index is 1350. The molecule has 2 atom stereocenters. The predicted molar refractivity (Wildman–Crippen MR) is 161 cm³/mol. The van der Waals surface area contributed by atoms with Crippen LogP contribution in [0.1, 0.15) is 55.8 Å². The fraction of sp³-hybridized carbons (Fsp3) is 0.364. The fourth-order valence-electron chi connectivity index (χ4n) is 4.64. The number of carboxylic acid groups (broad SMARTS) is 1. The molecule has 2 unspecified atom stereocenters. The summed E-state index contributed by atoms with van der Waals surface area (Å²) in [6.07, 6.45) is 0.0791. The SMILES string of the molecule is COc1ccc(C(CC(=O)O)NC(=O)C(CC(=O)Nc2ccc(COc3ccccc3C)cc2)CC(C)C)cc1OC. The lowest BCUT2D eigenvalue weighted by molar-refractivity contribution is -0.138. The zero-order chi connectivity index (χ0) is 30.6. The highest BCUT2D eigenvalue weighted by Crippen LogP contribution is 2.31. The summed E-state index contributed by atoms with van der Waals surface area (Å²) < 4.78 is 16.5. The summed E-state index contributed by atoms with van der Waals surface area (Å²) >= 11 is 0. The van der Waals surface area contributed by atoms with Crippen molar-refractivity contribution in [2.45, 2.75) is 52.7 Å². The van der Waals surface area contributed by atoms with E-state index in [0.29, 0.717) is 35.8 Å². The summed E-state index contributed by atoms with van der Waals surface area (Å²) in [5.74, 6) is -0.539. The molecule has 0 aliphatic heterocycles. The third-order valence-corrected chi connectivity index (χ3v) is 6.79. The molecule has 0 spiro atoms. The number of methoxy groups -OCH3 is 2. The minimum absolute atomic E-state index is 0.0477. The van der Waals surface area contributed by atoms with Crippen molar-refractivity contribution < 1.29 is 33.7 Å². The molecule has 3 N–H and O–H groups in total. The molecule has 0 aliphatic rings. The van der Waals surface area contributed by atoms with Gasteiger partial charge in [-0.2, -0.15) is 0 Å². The van der Waals surface area contributed by atoms with Crippen LogP contribution >= 0.6 is 0 Å². The van der Waals surface area contributed by atoms with Crippen LogP contribution in [0.2, 0.25) is 0 Å². The fourth-order valence-corrected chi connectivity index (χ4v) is 4.64. The van der Waals surface area contributed by atoms with Crippen molar-refractivity contribution in [1.29, 1.82) is 0 Å². The van der Waals surface area contributed by atoms with E-state index in [-0.39, 0.29) is 30.6 Å². The quantitative estimate of drug-likeness (QED) is 0.205. The summed E-state index contributed by atoms with van der Waals surface area (Å²) in [5, 5.41) is 15.3. The minimum Gasteiger partial charge on any atom is -0.493 e. The Kier molecular flexibility index (Phi) is 11.8. The first kappa shape index (κ1) is 32.0. The van der Waals surface area contributed by atoms with Crippen molar-refractivity contribution >= 4 is 23.5 Å². The van der Waals surface area contributed by atoms with Gasteiger partial charge in [0.05, 0.1) is 26.7 Å². The molecule has 0 fully saturated rings. The van der Waals surface area contributed by atoms with E-state index in [1.54, 1.807) is 30.3 Å². The number of benzene rings is 3. The summed E-state index contributed by atoms with van der Waals surface area (Å²) in [6, 6.07) is 19.3. The molecule has 0 aliphatic carbocycles. The molecule has 3 aromatic carbocycles. The number of anilines is 1. The van der Waals surface area contributed by atoms with Crippen molar-refractivity contribution in [3.63, 3.8) is 0 Å². The summed E-state index contributed by atoms with van der Waals surface area (Å²) in [5.41, 5.74) is 3.17. The molecule has 0 saturated heterocycles. The maximum Gasteiger partial charge on any atom is 0.305 e. The van der Waals surface area contributed by atoms with Gasteiger partial charge in [0.1, 0.15) is 12.4 Å². The molecule has 0 saturated carbocycles. The largest absolute Gasteiger partial charge is 0.493 e. The number of carbonyl (C=O) groups is 3. The molecule has 9 nitrogen and oxygen atoms in total. The summed E-state index contributed by atoms with van der Waals surface area (Å²) in [7, 11) is 2.99. The molecule has 9 heteroatoms. The highest BCUT2D eigenvalue weighted by Gasteiger charge is 2.27. The molecule has 224 valence electrons. The van der Waals surface area contributed by atoms with Crippen molar-refractivity contribution in [3.8, 4) is 17.2 Å². The number of para-hydroxylation sites is 1. The summed E-state index contributed by atoms with van der Waals surface area (Å²) in [4.78, 5) is 38.0. The number of carbonyl (C=O) groups excluding carboxylic acids is 2. The first-order valence-electron chi connectivity index (χ1n) is 13.9. The van der Waals surface area contributed by atoms with Gasteiger partial charge in [-0.25, -0.2) is 0 Å². The second kappa shape index (κ2) is 15.5. The molecule has 42 heavy (non-hydrogen) atoms. The van der Waals surface area contributed by atoms with Gasteiger partial charge in [-0.15, -0.1) is 0 Å². The van der Waals surface area contributed by atoms with E-state index in [2.05, 4.69) is 10.6 Å². The molecule has 0 heterocycles. The van der Waals surface area contributed by atoms with Crippen LogP contribution in [0.15, 0.2) is 66.7 Å². The Hall–Kier alpha value is -4.53. The molecule has 2 amide bonds. The van der Waals surface area contributed by atoms with E-state index in [1.807, 2.05) is 57.2 Å². The highest BCUT2D eigenvalue weighted by atomic mass is 16.5. The van der Waals surface area contributed by atoms with Gasteiger partial charge in [-0.05, 0) is 66.3 Å². The second-order valence-electron chi connectivity index (χ2n) is 10.6. The van der Waals surface area contributed by atoms with E-state index in [9.17, 15) is 19.5 Å². The van der Waals surface area contributed by atoms with Crippen LogP contribution in [0.3, 0.4) is 0 Å². The van der Waals surface area contributed by atoms with E-state index in [0.717, 1.165) is 16.9 Å². The molecule has 0 aromatic heterocycles. The first-order chi connectivity index (χ1) is 20.1. The molecular weight excluding hydrogens is 536 g/mol. The van der Waals surface area contributed by atoms with E-state index < -0.39 is 17.9 Å². The Balaban J connectivity index is 1.65. The number of aliphatic carboxylic acids is 1. The van der Waals surface area contributed by atoms with Crippen LogP contribution < -0.4 is 24.8 Å². The maximum atomic E-state index is 13.4. The number of hydrogen-bond donors (Lipinski definition) is 3. The number of rotatable bonds is 15. The zero-order valence-corrected chi connectivity index (χ0v) is 24.8. The van der Waals surface area contributed by atoms with Crippen LogP contribution in [0.4, 0.5) is 5.69 Å². The average molecular weight is 577 g/mol. The lowest BCUT2D eigenvalue weighted by atomic mass is 9.92. The Morgan fingerprint density at radius 1 is 0.857 bits per heavy atom. The maximum absolute atomic E-state index is 13.4. The number of hydrogen-bond acceptors (Lipinski definition) is 6. The van der Waals surface area contributed by atoms with Gasteiger partial charge in [0.2, 0.25) is 11.8 Å². The normalized spacial score (nSPS) is 12.2. The zero-order valence-electron chi connectivity index (χ0n) is 24.8. The van der Waals surface area contributed by atoms with Crippen LogP contribution in [0, 0.1) is 18.8 Å². The lowest BCUT2D eigenvalue weighted by Gasteiger charge is -2.24. The van der Waals surface area contributed by atoms with Crippen LogP contribution in [-0.4, -0.2) is 37.1 Å². The Labute approximate surface area is 247 Å². The van der Waals surface area contributed by atoms with Crippen molar-refractivity contribution in [3.05, 3.63) is 83.4 Å². The third kappa shape index (κ3) is 9.54. The van der Waals surface area contributed by atoms with Crippen molar-refractivity contribution in [1.82, 2.24) is 5.32 Å². The van der Waals surface area contributed by atoms with E-state index in [1.165, 1.54) is 14.2 Å². The molecule has 0 bridgehead atoms. The van der Waals surface area contributed by atoms with Crippen LogP contribution in [0.25, 0.3) is 0 Å². The standard InChI is InChI=1S/C33H40N2O7/c1-21(2)16-25(33(39)35-27(19-32(37)38)24-12-15-29(40-4)30(17-24)41-5)18-31(36)34-26-13-10-23(11-14-26)20-42-28-9-7-6-8-22(28)3/h6-15,17,21,25,27H,16,18-20H2,1-5H3,(H,34,36)(H,35,39)(H,37,38). The highest BCUT2D eigenvalue weighted by molar-refractivity contribution is 5.94. The minimum atomic E-state index is -1.07. The van der Waals surface area contributed by atoms with Gasteiger partial charge in [-0.1, -0.05) is 50.2 Å². The van der Waals surface area contributed by atoms with Gasteiger partial charge >= 0.3 is 5.97 Å². The molecule has 0 radical (unpaired) electrons. The van der Waals surface area contributed by atoms with E-state index >= 15 is 0 Å². The smallest absolute Gasteiger partial charge is 0.305 e. The number of ether oxygens (including phenoxy) is 3. The van der Waals surface area contributed by atoms with Gasteiger partial charge in [0, 0.05) is 18.0 Å². The van der Waals surface area contributed by atoms with Crippen molar-refractivity contribution in [2.75, 3.05) is 19.5 Å². The van der Waals surface area contributed by atoms with Gasteiger partial charge < -0.3 is 30.0 Å². The van der Waals surface area contributed by atoms with Gasteiger partial charge in [0.15, 0.2) is 11.5 Å². The monoisotopic (exact) mass is 576 g/mol. The van der Waals surface area contributed by atoms with Gasteiger partial charge in [0.25, 0.3) is 0 Å². The Morgan fingerprint density at radius 3 is 2.17 bits per heavy atom. The molecular formula is C33H40N2O7. The second-order valence-corrected chi connectivity index (χ2v) is 10.6. The number of nitrogens with one attached hydrogen (secondary N) is 2. The van der Waals surface area contributed by atoms with Gasteiger partial charge in [-0.3, -0.25) is 14.4 Å². The lowest BCUT2D eigenvalue weighted by Crippen LogP contribution is -2.37. The van der Waals surface area contributed by atoms with Crippen molar-refractivity contribution in [2.24, 2.45) is 11.8 Å². The third-order valence-electron chi connectivity index (χ3n) is 6.79. The number of amides is 2. The van der Waals surface area contributed by atoms with Crippen LogP contribution in [0.5, 0.6) is 17.2 Å². The average Bonchev–Trinajstić information content (AvgIpc) is 2.96. The molecule has 3 rings (SSSR count). The van der Waals surface area contributed by atoms with E-state index in [4.69, 9.17) is 14.2 Å². The summed E-state index contributed by atoms with van der Waals surface area (Å²) in [6.45, 7) is 6.33. The Morgan fingerprint density at radius 2 is 1.55 bits per heavy atom. The number of carboxylic acids is 1. The topological polar surface area (TPSA) is 123 Å². The molecule has 3 aromatic rings.